The molecule has 0 bridgehead atoms. The van der Waals surface area contributed by atoms with E-state index in [1.54, 1.807) is 0 Å². The van der Waals surface area contributed by atoms with Gasteiger partial charge in [-0.2, -0.15) is 17.7 Å². The van der Waals surface area contributed by atoms with Crippen molar-refractivity contribution >= 4 is 0 Å². The molecule has 0 aliphatic heterocycles. The molecule has 0 saturated heterocycles. The smallest absolute Gasteiger partial charge is 1.00 e. The van der Waals surface area contributed by atoms with Gasteiger partial charge in [0.15, 0.2) is 0 Å². The average molecular weight is 534 g/mol. The minimum absolute atomic E-state index is 0. The zero-order valence-corrected chi connectivity index (χ0v) is 24.2. The molecule has 4 rings (SSSR count). The van der Waals surface area contributed by atoms with Crippen molar-refractivity contribution in [3.8, 4) is 11.1 Å². The third-order valence-corrected chi connectivity index (χ3v) is 5.74. The summed E-state index contributed by atoms with van der Waals surface area (Å²) in [7, 11) is 0. The van der Waals surface area contributed by atoms with Gasteiger partial charge in [0.25, 0.3) is 0 Å². The van der Waals surface area contributed by atoms with Gasteiger partial charge in [0, 0.05) is 0 Å². The molecule has 0 nitrogen and oxygen atoms in total. The summed E-state index contributed by atoms with van der Waals surface area (Å²) in [6.45, 7) is 18.2. The molecule has 31 heavy (non-hydrogen) atoms. The van der Waals surface area contributed by atoms with Crippen LogP contribution in [0.5, 0.6) is 0 Å². The molecular formula is C28H35Cl2Zr. The van der Waals surface area contributed by atoms with Crippen molar-refractivity contribution in [3.05, 3.63) is 82.0 Å². The molecule has 165 valence electrons. The topological polar surface area (TPSA) is 0 Å². The van der Waals surface area contributed by atoms with Crippen molar-refractivity contribution in [1.29, 1.82) is 0 Å². The molecule has 0 spiro atoms. The Bertz CT molecular complexity index is 877. The average Bonchev–Trinajstić information content (AvgIpc) is 3.21. The van der Waals surface area contributed by atoms with Gasteiger partial charge < -0.3 is 24.8 Å². The van der Waals surface area contributed by atoms with Crippen LogP contribution in [0.25, 0.3) is 11.1 Å². The van der Waals surface area contributed by atoms with E-state index in [1.807, 2.05) is 0 Å². The standard InChI is InChI=1S/C23H29.C5H6.2ClH.Zr/c1-14-9-16-11-17-10-15(2)21(23(6,7)8)13-19(17)18(16)12-20(14)22(3,4)5;1-2-4-5-3-1;;;/h9,12-13H,11H2,1-8H3;1-4H,5H2;2*1H;/q-1;;;;+3/p-2. The summed E-state index contributed by atoms with van der Waals surface area (Å²) in [5.41, 5.74) is 11.6. The number of rotatable bonds is 0. The second kappa shape index (κ2) is 11.5. The van der Waals surface area contributed by atoms with Gasteiger partial charge in [-0.3, -0.25) is 0 Å². The zero-order chi connectivity index (χ0) is 20.7. The Morgan fingerprint density at radius 1 is 0.742 bits per heavy atom. The normalized spacial score (nSPS) is 13.2. The largest absolute Gasteiger partial charge is 3.00 e. The second-order valence-corrected chi connectivity index (χ2v) is 10.3. The van der Waals surface area contributed by atoms with E-state index in [4.69, 9.17) is 0 Å². The van der Waals surface area contributed by atoms with Gasteiger partial charge in [-0.15, -0.1) is 16.7 Å². The van der Waals surface area contributed by atoms with Crippen LogP contribution in [0.1, 0.15) is 81.3 Å². The molecule has 2 aromatic rings. The van der Waals surface area contributed by atoms with Crippen LogP contribution in [0.15, 0.2) is 42.5 Å². The number of aryl methyl sites for hydroxylation is 2. The molecule has 0 amide bonds. The summed E-state index contributed by atoms with van der Waals surface area (Å²) < 4.78 is 0. The van der Waals surface area contributed by atoms with Crippen molar-refractivity contribution in [2.75, 3.05) is 0 Å². The third kappa shape index (κ3) is 6.93. The SMILES string of the molecule is C1=CCC=C1.Cc1[c-]c2c(cc1C(C)(C)C)-c1cc(C(C)(C)C)c(C)cc1C2.[Cl-].[Cl-].[Zr+3]. The summed E-state index contributed by atoms with van der Waals surface area (Å²) in [5.74, 6) is 0. The Morgan fingerprint density at radius 3 is 1.71 bits per heavy atom. The van der Waals surface area contributed by atoms with Crippen LogP contribution in [-0.4, -0.2) is 0 Å². The molecule has 1 radical (unpaired) electrons. The second-order valence-electron chi connectivity index (χ2n) is 10.3. The van der Waals surface area contributed by atoms with Crippen LogP contribution in [0.4, 0.5) is 0 Å². The summed E-state index contributed by atoms with van der Waals surface area (Å²) in [5, 5.41) is 0. The summed E-state index contributed by atoms with van der Waals surface area (Å²) in [6.07, 6.45) is 10.5. The number of hydrogen-bond donors (Lipinski definition) is 0. The first kappa shape index (κ1) is 30.4. The maximum absolute atomic E-state index is 3.69. The van der Waals surface area contributed by atoms with Crippen LogP contribution in [-0.2, 0) is 43.5 Å². The fraction of sp³-hybridized carbons (Fsp3) is 0.429. The molecule has 0 atom stereocenters. The van der Waals surface area contributed by atoms with E-state index in [9.17, 15) is 0 Å². The molecule has 0 heterocycles. The van der Waals surface area contributed by atoms with E-state index in [-0.39, 0.29) is 61.8 Å². The van der Waals surface area contributed by atoms with Crippen LogP contribution in [0.2, 0.25) is 0 Å². The monoisotopic (exact) mass is 531 g/mol. The number of halogens is 2. The molecule has 0 N–H and O–H groups in total. The molecule has 2 aromatic carbocycles. The molecule has 3 heteroatoms. The maximum Gasteiger partial charge on any atom is 3.00 e. The minimum atomic E-state index is 0. The van der Waals surface area contributed by atoms with Gasteiger partial charge in [-0.05, 0) is 41.9 Å². The van der Waals surface area contributed by atoms with E-state index in [0.717, 1.165) is 12.8 Å². The Balaban J connectivity index is 0.000000995. The van der Waals surface area contributed by atoms with Crippen molar-refractivity contribution in [2.45, 2.75) is 79.1 Å². The van der Waals surface area contributed by atoms with E-state index in [0.29, 0.717) is 0 Å². The van der Waals surface area contributed by atoms with Gasteiger partial charge in [-0.1, -0.05) is 95.9 Å². The van der Waals surface area contributed by atoms with Crippen molar-refractivity contribution < 1.29 is 51.0 Å². The van der Waals surface area contributed by atoms with E-state index >= 15 is 0 Å². The maximum atomic E-state index is 3.69. The number of benzene rings is 2. The minimum Gasteiger partial charge on any atom is -1.00 e. The molecular weight excluding hydrogens is 498 g/mol. The molecule has 2 aliphatic carbocycles. The third-order valence-electron chi connectivity index (χ3n) is 5.74. The number of fused-ring (bicyclic) bond motifs is 3. The van der Waals surface area contributed by atoms with Crippen LogP contribution < -0.4 is 24.8 Å². The summed E-state index contributed by atoms with van der Waals surface area (Å²) >= 11 is 0. The molecule has 0 saturated carbocycles. The Kier molecular flexibility index (Phi) is 11.3. The Labute approximate surface area is 221 Å². The van der Waals surface area contributed by atoms with Crippen molar-refractivity contribution in [3.63, 3.8) is 0 Å². The Morgan fingerprint density at radius 2 is 1.26 bits per heavy atom. The van der Waals surface area contributed by atoms with Gasteiger partial charge in [-0.25, -0.2) is 0 Å². The van der Waals surface area contributed by atoms with Gasteiger partial charge in [0.2, 0.25) is 0 Å². The first-order chi connectivity index (χ1) is 13.0. The van der Waals surface area contributed by atoms with Crippen LogP contribution in [0.3, 0.4) is 0 Å². The molecule has 0 aromatic heterocycles. The zero-order valence-electron chi connectivity index (χ0n) is 20.2. The van der Waals surface area contributed by atoms with Crippen LogP contribution >= 0.6 is 0 Å². The molecule has 0 fully saturated rings. The predicted molar refractivity (Wildman–Crippen MR) is 123 cm³/mol. The van der Waals surface area contributed by atoms with Crippen molar-refractivity contribution in [1.82, 2.24) is 0 Å². The van der Waals surface area contributed by atoms with E-state index < -0.39 is 0 Å². The first-order valence-electron chi connectivity index (χ1n) is 10.5. The van der Waals surface area contributed by atoms with E-state index in [1.165, 1.54) is 44.5 Å². The quantitative estimate of drug-likeness (QED) is 0.387. The summed E-state index contributed by atoms with van der Waals surface area (Å²) in [6, 6.07) is 10.9. The van der Waals surface area contributed by atoms with E-state index in [2.05, 4.69) is 104 Å². The number of allylic oxidation sites excluding steroid dienone is 4. The number of hydrogen-bond acceptors (Lipinski definition) is 0. The predicted octanol–water partition coefficient (Wildman–Crippen LogP) is 1.78. The van der Waals surface area contributed by atoms with Gasteiger partial charge >= 0.3 is 26.2 Å². The van der Waals surface area contributed by atoms with Crippen molar-refractivity contribution in [2.24, 2.45) is 0 Å². The fourth-order valence-electron chi connectivity index (χ4n) is 4.42. The fourth-order valence-corrected chi connectivity index (χ4v) is 4.42. The Hall–Kier alpha value is -0.617. The van der Waals surface area contributed by atoms with Gasteiger partial charge in [0.1, 0.15) is 0 Å². The molecule has 2 aliphatic rings. The molecule has 0 unspecified atom stereocenters. The van der Waals surface area contributed by atoms with Crippen LogP contribution in [0, 0.1) is 19.9 Å². The first-order valence-corrected chi connectivity index (χ1v) is 10.5. The van der Waals surface area contributed by atoms with Gasteiger partial charge in [0.05, 0.1) is 0 Å². The summed E-state index contributed by atoms with van der Waals surface area (Å²) in [4.78, 5) is 0.